The van der Waals surface area contributed by atoms with Crippen LogP contribution in [0.5, 0.6) is 0 Å². The first-order valence-corrected chi connectivity index (χ1v) is 11.6. The van der Waals surface area contributed by atoms with Gasteiger partial charge in [-0.05, 0) is 49.8 Å². The summed E-state index contributed by atoms with van der Waals surface area (Å²) in [6.07, 6.45) is 4.49. The highest BCUT2D eigenvalue weighted by Gasteiger charge is 2.35. The first-order valence-electron chi connectivity index (χ1n) is 10.7. The first-order chi connectivity index (χ1) is 14.3. The van der Waals surface area contributed by atoms with E-state index in [9.17, 15) is 18.0 Å². The van der Waals surface area contributed by atoms with Crippen molar-refractivity contribution in [3.8, 4) is 0 Å². The molecule has 0 spiro atoms. The van der Waals surface area contributed by atoms with Gasteiger partial charge in [0, 0.05) is 13.1 Å². The van der Waals surface area contributed by atoms with E-state index in [1.807, 2.05) is 11.0 Å². The van der Waals surface area contributed by atoms with Crippen LogP contribution in [-0.4, -0.2) is 28.9 Å². The van der Waals surface area contributed by atoms with E-state index in [-0.39, 0.29) is 11.8 Å². The molecular weight excluding hydrogens is 409 g/mol. The lowest BCUT2D eigenvalue weighted by molar-refractivity contribution is -0.137. The number of thiazole rings is 1. The third kappa shape index (κ3) is 5.23. The molecule has 1 saturated heterocycles. The third-order valence-electron chi connectivity index (χ3n) is 5.80. The summed E-state index contributed by atoms with van der Waals surface area (Å²) in [5.41, 5.74) is -0.178. The standard InChI is InChI=1S/C23H29F3N2OS/c1-3-5-7-10-16(4-2)20(22(29)28-13-8-6-9-14-28)21-27-18-12-11-17(23(24,25)26)15-19(18)30-21/h4,11-12,15-16,20H,2-3,5-10,13-14H2,1H3/t16-,20+/m1/s1. The molecule has 0 saturated carbocycles. The van der Waals surface area contributed by atoms with Gasteiger partial charge in [0.15, 0.2) is 0 Å². The van der Waals surface area contributed by atoms with Crippen LogP contribution in [0.15, 0.2) is 30.9 Å². The van der Waals surface area contributed by atoms with Crippen LogP contribution in [0.2, 0.25) is 0 Å². The number of amides is 1. The number of piperidine rings is 1. The number of carbonyl (C=O) groups is 1. The molecule has 3 rings (SSSR count). The molecular formula is C23H29F3N2OS. The van der Waals surface area contributed by atoms with Crippen molar-refractivity contribution in [2.75, 3.05) is 13.1 Å². The van der Waals surface area contributed by atoms with E-state index in [1.54, 1.807) is 0 Å². The van der Waals surface area contributed by atoms with Crippen molar-refractivity contribution in [3.05, 3.63) is 41.4 Å². The number of likely N-dealkylation sites (tertiary alicyclic amines) is 1. The van der Waals surface area contributed by atoms with Gasteiger partial charge in [-0.2, -0.15) is 13.2 Å². The fourth-order valence-electron chi connectivity index (χ4n) is 4.09. The lowest BCUT2D eigenvalue weighted by Crippen LogP contribution is -2.40. The van der Waals surface area contributed by atoms with E-state index < -0.39 is 17.7 Å². The van der Waals surface area contributed by atoms with Gasteiger partial charge in [0.05, 0.1) is 21.7 Å². The summed E-state index contributed by atoms with van der Waals surface area (Å²) in [6.45, 7) is 7.57. The molecule has 0 aliphatic carbocycles. The molecule has 30 heavy (non-hydrogen) atoms. The largest absolute Gasteiger partial charge is 0.416 e. The van der Waals surface area contributed by atoms with Crippen LogP contribution in [0, 0.1) is 5.92 Å². The molecule has 2 heterocycles. The van der Waals surface area contributed by atoms with Crippen molar-refractivity contribution in [1.29, 1.82) is 0 Å². The molecule has 1 fully saturated rings. The summed E-state index contributed by atoms with van der Waals surface area (Å²) in [4.78, 5) is 20.0. The second-order valence-corrected chi connectivity index (χ2v) is 9.05. The zero-order chi connectivity index (χ0) is 21.7. The Bertz CT molecular complexity index is 871. The Balaban J connectivity index is 1.97. The Morgan fingerprint density at radius 3 is 2.63 bits per heavy atom. The van der Waals surface area contributed by atoms with Gasteiger partial charge in [-0.25, -0.2) is 4.98 Å². The van der Waals surface area contributed by atoms with E-state index in [0.29, 0.717) is 15.2 Å². The van der Waals surface area contributed by atoms with Gasteiger partial charge >= 0.3 is 6.18 Å². The predicted molar refractivity (Wildman–Crippen MR) is 116 cm³/mol. The highest BCUT2D eigenvalue weighted by Crippen LogP contribution is 2.39. The second kappa shape index (κ2) is 9.94. The van der Waals surface area contributed by atoms with Crippen LogP contribution >= 0.6 is 11.3 Å². The Morgan fingerprint density at radius 2 is 2.00 bits per heavy atom. The van der Waals surface area contributed by atoms with Crippen LogP contribution in [-0.2, 0) is 11.0 Å². The molecule has 2 aromatic rings. The summed E-state index contributed by atoms with van der Waals surface area (Å²) >= 11 is 1.20. The molecule has 1 aliphatic rings. The minimum atomic E-state index is -4.40. The lowest BCUT2D eigenvalue weighted by Gasteiger charge is -2.32. The fourth-order valence-corrected chi connectivity index (χ4v) is 5.26. The van der Waals surface area contributed by atoms with Crippen LogP contribution in [0.3, 0.4) is 0 Å². The Morgan fingerprint density at radius 1 is 1.27 bits per heavy atom. The molecule has 2 atom stereocenters. The third-order valence-corrected chi connectivity index (χ3v) is 6.91. The number of carbonyl (C=O) groups excluding carboxylic acids is 1. The molecule has 0 unspecified atom stereocenters. The van der Waals surface area contributed by atoms with E-state index in [2.05, 4.69) is 18.5 Å². The zero-order valence-electron chi connectivity index (χ0n) is 17.4. The van der Waals surface area contributed by atoms with Crippen LogP contribution < -0.4 is 0 Å². The highest BCUT2D eigenvalue weighted by atomic mass is 32.1. The number of rotatable bonds is 8. The Kier molecular flexibility index (Phi) is 7.55. The maximum absolute atomic E-state index is 13.5. The molecule has 0 radical (unpaired) electrons. The molecule has 0 bridgehead atoms. The zero-order valence-corrected chi connectivity index (χ0v) is 18.2. The number of fused-ring (bicyclic) bond motifs is 1. The Hall–Kier alpha value is -1.89. The predicted octanol–water partition coefficient (Wildman–Crippen LogP) is 6.79. The number of alkyl halides is 3. The summed E-state index contributed by atoms with van der Waals surface area (Å²) in [6, 6.07) is 3.60. The van der Waals surface area contributed by atoms with Gasteiger partial charge in [0.25, 0.3) is 0 Å². The molecule has 0 N–H and O–H groups in total. The number of nitrogens with zero attached hydrogens (tertiary/aromatic N) is 2. The fraction of sp³-hybridized carbons (Fsp3) is 0.565. The molecule has 164 valence electrons. The number of allylic oxidation sites excluding steroid dienone is 1. The molecule has 3 nitrogen and oxygen atoms in total. The highest BCUT2D eigenvalue weighted by molar-refractivity contribution is 7.18. The van der Waals surface area contributed by atoms with E-state index >= 15 is 0 Å². The summed E-state index contributed by atoms with van der Waals surface area (Å²) in [7, 11) is 0. The molecule has 1 aliphatic heterocycles. The van der Waals surface area contributed by atoms with E-state index in [1.165, 1.54) is 17.4 Å². The van der Waals surface area contributed by atoms with Gasteiger partial charge < -0.3 is 4.90 Å². The minimum absolute atomic E-state index is 0.0335. The number of aromatic nitrogens is 1. The molecule has 1 aromatic carbocycles. The van der Waals surface area contributed by atoms with Crippen molar-refractivity contribution in [2.24, 2.45) is 5.92 Å². The number of unbranched alkanes of at least 4 members (excludes halogenated alkanes) is 2. The maximum atomic E-state index is 13.5. The SMILES string of the molecule is C=C[C@H](CCCCC)[C@H](C(=O)N1CCCCC1)c1nc2ccc(C(F)(F)F)cc2s1. The minimum Gasteiger partial charge on any atom is -0.342 e. The average molecular weight is 439 g/mol. The van der Waals surface area contributed by atoms with Crippen molar-refractivity contribution in [3.63, 3.8) is 0 Å². The second-order valence-electron chi connectivity index (χ2n) is 7.99. The topological polar surface area (TPSA) is 33.2 Å². The van der Waals surface area contributed by atoms with E-state index in [0.717, 1.165) is 70.2 Å². The normalized spacial score (nSPS) is 17.1. The maximum Gasteiger partial charge on any atom is 0.416 e. The number of hydrogen-bond donors (Lipinski definition) is 0. The Labute approximate surface area is 180 Å². The first kappa shape index (κ1) is 22.8. The van der Waals surface area contributed by atoms with Gasteiger partial charge in [-0.3, -0.25) is 4.79 Å². The van der Waals surface area contributed by atoms with Crippen LogP contribution in [0.25, 0.3) is 10.2 Å². The lowest BCUT2D eigenvalue weighted by atomic mass is 9.86. The molecule has 1 aromatic heterocycles. The average Bonchev–Trinajstić information content (AvgIpc) is 3.15. The van der Waals surface area contributed by atoms with Crippen LogP contribution in [0.1, 0.15) is 68.4 Å². The monoisotopic (exact) mass is 438 g/mol. The van der Waals surface area contributed by atoms with Gasteiger partial charge in [0.2, 0.25) is 5.91 Å². The smallest absolute Gasteiger partial charge is 0.342 e. The van der Waals surface area contributed by atoms with Crippen molar-refractivity contribution >= 4 is 27.5 Å². The van der Waals surface area contributed by atoms with Gasteiger partial charge in [-0.15, -0.1) is 17.9 Å². The number of benzene rings is 1. The number of halogens is 3. The van der Waals surface area contributed by atoms with Crippen molar-refractivity contribution < 1.29 is 18.0 Å². The summed E-state index contributed by atoms with van der Waals surface area (Å²) < 4.78 is 39.8. The number of hydrogen-bond acceptors (Lipinski definition) is 3. The summed E-state index contributed by atoms with van der Waals surface area (Å²) in [5.74, 6) is -0.524. The van der Waals surface area contributed by atoms with E-state index in [4.69, 9.17) is 0 Å². The quantitative estimate of drug-likeness (QED) is 0.336. The van der Waals surface area contributed by atoms with Crippen LogP contribution in [0.4, 0.5) is 13.2 Å². The molecule has 1 amide bonds. The van der Waals surface area contributed by atoms with Gasteiger partial charge in [0.1, 0.15) is 5.01 Å². The van der Waals surface area contributed by atoms with Crippen molar-refractivity contribution in [1.82, 2.24) is 9.88 Å². The molecule has 7 heteroatoms. The van der Waals surface area contributed by atoms with Crippen molar-refractivity contribution in [2.45, 2.75) is 64.0 Å². The summed E-state index contributed by atoms with van der Waals surface area (Å²) in [5, 5.41) is 0.598. The van der Waals surface area contributed by atoms with Gasteiger partial charge in [-0.1, -0.05) is 32.3 Å².